The average Bonchev–Trinajstić information content (AvgIpc) is 3.34. The zero-order chi connectivity index (χ0) is 23.7. The van der Waals surface area contributed by atoms with Gasteiger partial charge in [0.25, 0.3) is 0 Å². The SMILES string of the molecule is c1cc(-c2nc3ccc(OCCCN4CCCCC4)cc3o2)ccc1OCCCN1CCCCC1. The van der Waals surface area contributed by atoms with Crippen molar-refractivity contribution in [3.63, 3.8) is 0 Å². The van der Waals surface area contributed by atoms with E-state index in [4.69, 9.17) is 13.9 Å². The van der Waals surface area contributed by atoms with Gasteiger partial charge < -0.3 is 23.7 Å². The van der Waals surface area contributed by atoms with E-state index in [0.717, 1.165) is 67.3 Å². The molecule has 0 amide bonds. The van der Waals surface area contributed by atoms with E-state index in [9.17, 15) is 0 Å². The van der Waals surface area contributed by atoms with Gasteiger partial charge in [-0.3, -0.25) is 0 Å². The summed E-state index contributed by atoms with van der Waals surface area (Å²) in [5.41, 5.74) is 2.55. The predicted octanol–water partition coefficient (Wildman–Crippen LogP) is 6.00. The predicted molar refractivity (Wildman–Crippen MR) is 140 cm³/mol. The van der Waals surface area contributed by atoms with E-state index in [1.165, 1.54) is 64.7 Å². The van der Waals surface area contributed by atoms with Crippen LogP contribution in [0, 0.1) is 0 Å². The topological polar surface area (TPSA) is 51.0 Å². The summed E-state index contributed by atoms with van der Waals surface area (Å²) in [6, 6.07) is 13.9. The van der Waals surface area contributed by atoms with Crippen molar-refractivity contribution in [3.05, 3.63) is 42.5 Å². The minimum atomic E-state index is 0.624. The molecule has 2 aliphatic rings. The van der Waals surface area contributed by atoms with Crippen molar-refractivity contribution in [3.8, 4) is 23.0 Å². The maximum Gasteiger partial charge on any atom is 0.227 e. The molecule has 0 atom stereocenters. The molecule has 0 bridgehead atoms. The Balaban J connectivity index is 1.09. The van der Waals surface area contributed by atoms with Gasteiger partial charge in [0, 0.05) is 24.7 Å². The fraction of sp³-hybridized carbons (Fsp3) is 0.552. The molecule has 6 nitrogen and oxygen atoms in total. The zero-order valence-corrected chi connectivity index (χ0v) is 20.9. The molecule has 5 rings (SSSR count). The van der Waals surface area contributed by atoms with Gasteiger partial charge in [0.1, 0.15) is 17.0 Å². The molecule has 1 aromatic heterocycles. The van der Waals surface area contributed by atoms with Crippen LogP contribution in [0.3, 0.4) is 0 Å². The second-order valence-corrected chi connectivity index (χ2v) is 9.88. The fourth-order valence-electron chi connectivity index (χ4n) is 5.13. The molecule has 2 aromatic carbocycles. The minimum Gasteiger partial charge on any atom is -0.494 e. The number of oxazole rings is 1. The van der Waals surface area contributed by atoms with Crippen LogP contribution in [0.25, 0.3) is 22.6 Å². The number of fused-ring (bicyclic) bond motifs is 1. The summed E-state index contributed by atoms with van der Waals surface area (Å²) >= 11 is 0. The molecule has 6 heteroatoms. The molecule has 2 aliphatic heterocycles. The van der Waals surface area contributed by atoms with Crippen molar-refractivity contribution in [2.75, 3.05) is 52.5 Å². The van der Waals surface area contributed by atoms with E-state index in [-0.39, 0.29) is 0 Å². The van der Waals surface area contributed by atoms with Gasteiger partial charge in [-0.2, -0.15) is 0 Å². The van der Waals surface area contributed by atoms with Crippen molar-refractivity contribution >= 4 is 11.1 Å². The van der Waals surface area contributed by atoms with Crippen molar-refractivity contribution in [1.29, 1.82) is 0 Å². The number of hydrogen-bond acceptors (Lipinski definition) is 6. The molecule has 3 heterocycles. The number of rotatable bonds is 11. The summed E-state index contributed by atoms with van der Waals surface area (Å²) in [5.74, 6) is 2.36. The highest BCUT2D eigenvalue weighted by molar-refractivity contribution is 5.77. The van der Waals surface area contributed by atoms with Crippen LogP contribution < -0.4 is 9.47 Å². The number of piperidine rings is 2. The van der Waals surface area contributed by atoms with E-state index in [0.29, 0.717) is 5.89 Å². The number of nitrogens with zero attached hydrogens (tertiary/aromatic N) is 3. The van der Waals surface area contributed by atoms with Gasteiger partial charge in [-0.25, -0.2) is 4.98 Å². The largest absolute Gasteiger partial charge is 0.494 e. The second kappa shape index (κ2) is 12.4. The van der Waals surface area contributed by atoms with Gasteiger partial charge in [-0.15, -0.1) is 0 Å². The number of ether oxygens (including phenoxy) is 2. The third-order valence-electron chi connectivity index (χ3n) is 7.13. The molecule has 2 saturated heterocycles. The molecule has 3 aromatic rings. The molecule has 0 unspecified atom stereocenters. The van der Waals surface area contributed by atoms with E-state index in [1.807, 2.05) is 42.5 Å². The van der Waals surface area contributed by atoms with Crippen LogP contribution in [0.4, 0.5) is 0 Å². The molecular formula is C29H39N3O3. The van der Waals surface area contributed by atoms with Crippen molar-refractivity contribution in [2.45, 2.75) is 51.4 Å². The lowest BCUT2D eigenvalue weighted by atomic mass is 10.1. The number of hydrogen-bond donors (Lipinski definition) is 0. The Morgan fingerprint density at radius 3 is 1.89 bits per heavy atom. The van der Waals surface area contributed by atoms with Crippen molar-refractivity contribution in [2.24, 2.45) is 0 Å². The van der Waals surface area contributed by atoms with Gasteiger partial charge in [-0.1, -0.05) is 12.8 Å². The number of benzene rings is 2. The molecule has 0 spiro atoms. The minimum absolute atomic E-state index is 0.624. The fourth-order valence-corrected chi connectivity index (χ4v) is 5.13. The third-order valence-corrected chi connectivity index (χ3v) is 7.13. The highest BCUT2D eigenvalue weighted by Crippen LogP contribution is 2.28. The average molecular weight is 478 g/mol. The van der Waals surface area contributed by atoms with Crippen molar-refractivity contribution in [1.82, 2.24) is 14.8 Å². The Hall–Kier alpha value is -2.57. The molecule has 0 radical (unpaired) electrons. The lowest BCUT2D eigenvalue weighted by molar-refractivity contribution is 0.205. The third kappa shape index (κ3) is 6.98. The van der Waals surface area contributed by atoms with E-state index in [2.05, 4.69) is 14.8 Å². The first-order valence-corrected chi connectivity index (χ1v) is 13.5. The molecule has 0 saturated carbocycles. The van der Waals surface area contributed by atoms with Crippen LogP contribution >= 0.6 is 0 Å². The Kier molecular flexibility index (Phi) is 8.56. The molecule has 0 N–H and O–H groups in total. The molecule has 0 aliphatic carbocycles. The number of aromatic nitrogens is 1. The normalized spacial score (nSPS) is 17.6. The summed E-state index contributed by atoms with van der Waals surface area (Å²) in [6.45, 7) is 8.68. The standard InChI is InChI=1S/C29H39N3O3/c1-3-15-31(16-4-1)19-7-21-33-25-11-9-24(10-12-25)29-30-27-14-13-26(23-28(27)35-29)34-22-8-20-32-17-5-2-6-18-32/h9-14,23H,1-8,15-22H2. The molecular weight excluding hydrogens is 438 g/mol. The Morgan fingerprint density at radius 1 is 0.686 bits per heavy atom. The van der Waals surface area contributed by atoms with Crippen LogP contribution in [0.15, 0.2) is 46.9 Å². The lowest BCUT2D eigenvalue weighted by Gasteiger charge is -2.26. The van der Waals surface area contributed by atoms with Crippen LogP contribution in [0.5, 0.6) is 11.5 Å². The summed E-state index contributed by atoms with van der Waals surface area (Å²) in [5, 5.41) is 0. The van der Waals surface area contributed by atoms with Gasteiger partial charge in [0.2, 0.25) is 5.89 Å². The van der Waals surface area contributed by atoms with Crippen LogP contribution in [-0.4, -0.2) is 67.3 Å². The monoisotopic (exact) mass is 477 g/mol. The van der Waals surface area contributed by atoms with E-state index in [1.54, 1.807) is 0 Å². The summed E-state index contributed by atoms with van der Waals surface area (Å²) in [7, 11) is 0. The lowest BCUT2D eigenvalue weighted by Crippen LogP contribution is -2.31. The highest BCUT2D eigenvalue weighted by Gasteiger charge is 2.12. The van der Waals surface area contributed by atoms with E-state index < -0.39 is 0 Å². The van der Waals surface area contributed by atoms with Crippen molar-refractivity contribution < 1.29 is 13.9 Å². The first kappa shape index (κ1) is 24.1. The van der Waals surface area contributed by atoms with Gasteiger partial charge >= 0.3 is 0 Å². The first-order valence-electron chi connectivity index (χ1n) is 13.5. The van der Waals surface area contributed by atoms with Crippen LogP contribution in [0.1, 0.15) is 51.4 Å². The Morgan fingerprint density at radius 2 is 1.26 bits per heavy atom. The zero-order valence-electron chi connectivity index (χ0n) is 20.9. The van der Waals surface area contributed by atoms with Gasteiger partial charge in [0.15, 0.2) is 5.58 Å². The molecule has 188 valence electrons. The van der Waals surface area contributed by atoms with Crippen LogP contribution in [-0.2, 0) is 0 Å². The number of likely N-dealkylation sites (tertiary alicyclic amines) is 2. The molecule has 2 fully saturated rings. The van der Waals surface area contributed by atoms with E-state index >= 15 is 0 Å². The van der Waals surface area contributed by atoms with Gasteiger partial charge in [0.05, 0.1) is 13.2 Å². The maximum atomic E-state index is 6.06. The quantitative estimate of drug-likeness (QED) is 0.316. The van der Waals surface area contributed by atoms with Crippen LogP contribution in [0.2, 0.25) is 0 Å². The maximum absolute atomic E-state index is 6.06. The van der Waals surface area contributed by atoms with Gasteiger partial charge in [-0.05, 0) is 101 Å². The second-order valence-electron chi connectivity index (χ2n) is 9.88. The highest BCUT2D eigenvalue weighted by atomic mass is 16.5. The Bertz CT molecular complexity index is 1040. The smallest absolute Gasteiger partial charge is 0.227 e. The Labute approximate surface area is 209 Å². The molecule has 35 heavy (non-hydrogen) atoms. The summed E-state index contributed by atoms with van der Waals surface area (Å²) in [6.07, 6.45) is 10.2. The first-order chi connectivity index (χ1) is 17.3. The summed E-state index contributed by atoms with van der Waals surface area (Å²) in [4.78, 5) is 9.76. The summed E-state index contributed by atoms with van der Waals surface area (Å²) < 4.78 is 18.0.